The predicted molar refractivity (Wildman–Crippen MR) is 54.4 cm³/mol. The molecule has 2 heteroatoms. The minimum Gasteiger partial charge on any atom is -0.486 e. The maximum atomic E-state index is 5.80. The van der Waals surface area contributed by atoms with Crippen LogP contribution in [0.5, 0.6) is 5.75 Å². The Morgan fingerprint density at radius 3 is 3.15 bits per heavy atom. The number of aryl methyl sites for hydroxylation is 1. The third-order valence-electron chi connectivity index (χ3n) is 2.41. The van der Waals surface area contributed by atoms with Gasteiger partial charge in [-0.05, 0) is 31.0 Å². The first-order valence-corrected chi connectivity index (χ1v) is 4.81. The summed E-state index contributed by atoms with van der Waals surface area (Å²) >= 11 is 0. The van der Waals surface area contributed by atoms with E-state index in [1.54, 1.807) is 0 Å². The van der Waals surface area contributed by atoms with Crippen LogP contribution in [0.3, 0.4) is 0 Å². The smallest absolute Gasteiger partial charge is 0.143 e. The SMILES string of the molecule is CCC1CNc2ccc(C)cc2O1. The highest BCUT2D eigenvalue weighted by atomic mass is 16.5. The maximum absolute atomic E-state index is 5.80. The number of fused-ring (bicyclic) bond motifs is 1. The van der Waals surface area contributed by atoms with Gasteiger partial charge in [0.05, 0.1) is 12.2 Å². The van der Waals surface area contributed by atoms with Crippen molar-refractivity contribution in [2.75, 3.05) is 11.9 Å². The van der Waals surface area contributed by atoms with E-state index in [0.29, 0.717) is 6.10 Å². The van der Waals surface area contributed by atoms with Gasteiger partial charge in [-0.1, -0.05) is 13.0 Å². The number of hydrogen-bond acceptors (Lipinski definition) is 2. The average molecular weight is 177 g/mol. The van der Waals surface area contributed by atoms with Gasteiger partial charge in [0, 0.05) is 0 Å². The summed E-state index contributed by atoms with van der Waals surface area (Å²) in [5.41, 5.74) is 2.37. The van der Waals surface area contributed by atoms with Gasteiger partial charge in [-0.25, -0.2) is 0 Å². The topological polar surface area (TPSA) is 21.3 Å². The van der Waals surface area contributed by atoms with Crippen molar-refractivity contribution in [3.05, 3.63) is 23.8 Å². The Bertz CT molecular complexity index is 309. The fraction of sp³-hybridized carbons (Fsp3) is 0.455. The van der Waals surface area contributed by atoms with Crippen molar-refractivity contribution in [3.8, 4) is 5.75 Å². The Hall–Kier alpha value is -1.18. The van der Waals surface area contributed by atoms with Gasteiger partial charge in [0.1, 0.15) is 11.9 Å². The molecule has 1 aliphatic heterocycles. The Morgan fingerprint density at radius 1 is 1.54 bits per heavy atom. The molecule has 0 spiro atoms. The summed E-state index contributed by atoms with van der Waals surface area (Å²) in [4.78, 5) is 0. The summed E-state index contributed by atoms with van der Waals surface area (Å²) in [6, 6.07) is 6.27. The summed E-state index contributed by atoms with van der Waals surface area (Å²) in [5, 5.41) is 3.37. The highest BCUT2D eigenvalue weighted by Gasteiger charge is 2.16. The number of anilines is 1. The van der Waals surface area contributed by atoms with Crippen molar-refractivity contribution < 1.29 is 4.74 Å². The fourth-order valence-corrected chi connectivity index (χ4v) is 1.55. The van der Waals surface area contributed by atoms with Gasteiger partial charge >= 0.3 is 0 Å². The van der Waals surface area contributed by atoms with Crippen LogP contribution in [0.2, 0.25) is 0 Å². The molecular formula is C11H15NO. The minimum absolute atomic E-state index is 0.328. The van der Waals surface area contributed by atoms with Gasteiger partial charge in [-0.15, -0.1) is 0 Å². The fourth-order valence-electron chi connectivity index (χ4n) is 1.55. The molecule has 0 saturated heterocycles. The van der Waals surface area contributed by atoms with Gasteiger partial charge in [-0.2, -0.15) is 0 Å². The zero-order valence-electron chi connectivity index (χ0n) is 8.13. The van der Waals surface area contributed by atoms with Crippen molar-refractivity contribution in [3.63, 3.8) is 0 Å². The lowest BCUT2D eigenvalue weighted by atomic mass is 10.1. The van der Waals surface area contributed by atoms with Crippen molar-refractivity contribution >= 4 is 5.69 Å². The molecule has 2 rings (SSSR count). The Morgan fingerprint density at radius 2 is 2.38 bits per heavy atom. The number of rotatable bonds is 1. The highest BCUT2D eigenvalue weighted by Crippen LogP contribution is 2.30. The van der Waals surface area contributed by atoms with Crippen LogP contribution in [0.25, 0.3) is 0 Å². The summed E-state index contributed by atoms with van der Waals surface area (Å²) in [5.74, 6) is 0.998. The molecule has 0 fully saturated rings. The van der Waals surface area contributed by atoms with Crippen LogP contribution in [0.1, 0.15) is 18.9 Å². The highest BCUT2D eigenvalue weighted by molar-refractivity contribution is 5.59. The molecule has 0 aromatic heterocycles. The molecule has 0 amide bonds. The predicted octanol–water partition coefficient (Wildman–Crippen LogP) is 2.58. The van der Waals surface area contributed by atoms with Crippen LogP contribution < -0.4 is 10.1 Å². The lowest BCUT2D eigenvalue weighted by Gasteiger charge is -2.26. The largest absolute Gasteiger partial charge is 0.486 e. The summed E-state index contributed by atoms with van der Waals surface area (Å²) in [7, 11) is 0. The van der Waals surface area contributed by atoms with Gasteiger partial charge in [-0.3, -0.25) is 0 Å². The quantitative estimate of drug-likeness (QED) is 0.711. The van der Waals surface area contributed by atoms with Crippen LogP contribution >= 0.6 is 0 Å². The van der Waals surface area contributed by atoms with Crippen LogP contribution in [0, 0.1) is 6.92 Å². The normalized spacial score (nSPS) is 20.0. The molecular weight excluding hydrogens is 162 g/mol. The van der Waals surface area contributed by atoms with E-state index in [1.165, 1.54) is 5.56 Å². The van der Waals surface area contributed by atoms with E-state index in [0.717, 1.165) is 24.4 Å². The molecule has 0 radical (unpaired) electrons. The van der Waals surface area contributed by atoms with Crippen molar-refractivity contribution in [2.45, 2.75) is 26.4 Å². The zero-order valence-corrected chi connectivity index (χ0v) is 8.13. The summed E-state index contributed by atoms with van der Waals surface area (Å²) in [6.45, 7) is 5.15. The zero-order chi connectivity index (χ0) is 9.26. The summed E-state index contributed by atoms with van der Waals surface area (Å²) < 4.78 is 5.80. The van der Waals surface area contributed by atoms with Crippen LogP contribution in [0.4, 0.5) is 5.69 Å². The second kappa shape index (κ2) is 3.29. The van der Waals surface area contributed by atoms with Crippen LogP contribution in [0.15, 0.2) is 18.2 Å². The number of hydrogen-bond donors (Lipinski definition) is 1. The Labute approximate surface area is 78.9 Å². The third kappa shape index (κ3) is 1.62. The average Bonchev–Trinajstić information content (AvgIpc) is 2.16. The van der Waals surface area contributed by atoms with E-state index < -0.39 is 0 Å². The molecule has 0 saturated carbocycles. The first kappa shape index (κ1) is 8.42. The first-order valence-electron chi connectivity index (χ1n) is 4.81. The molecule has 1 aliphatic rings. The monoisotopic (exact) mass is 177 g/mol. The van der Waals surface area contributed by atoms with Crippen molar-refractivity contribution in [1.29, 1.82) is 0 Å². The van der Waals surface area contributed by atoms with E-state index in [9.17, 15) is 0 Å². The third-order valence-corrected chi connectivity index (χ3v) is 2.41. The number of benzene rings is 1. The number of nitrogens with one attached hydrogen (secondary N) is 1. The molecule has 0 aliphatic carbocycles. The van der Waals surface area contributed by atoms with Gasteiger partial charge in [0.25, 0.3) is 0 Å². The van der Waals surface area contributed by atoms with E-state index in [1.807, 2.05) is 0 Å². The second-order valence-electron chi connectivity index (χ2n) is 3.53. The maximum Gasteiger partial charge on any atom is 0.143 e. The van der Waals surface area contributed by atoms with E-state index >= 15 is 0 Å². The molecule has 1 heterocycles. The lowest BCUT2D eigenvalue weighted by Crippen LogP contribution is -2.29. The van der Waals surface area contributed by atoms with E-state index in [-0.39, 0.29) is 0 Å². The van der Waals surface area contributed by atoms with E-state index in [4.69, 9.17) is 4.74 Å². The molecule has 1 aromatic rings. The second-order valence-corrected chi connectivity index (χ2v) is 3.53. The van der Waals surface area contributed by atoms with Gasteiger partial charge in [0.15, 0.2) is 0 Å². The molecule has 1 unspecified atom stereocenters. The molecule has 70 valence electrons. The molecule has 1 aromatic carbocycles. The molecule has 1 atom stereocenters. The van der Waals surface area contributed by atoms with Crippen molar-refractivity contribution in [2.24, 2.45) is 0 Å². The van der Waals surface area contributed by atoms with Gasteiger partial charge < -0.3 is 10.1 Å². The molecule has 13 heavy (non-hydrogen) atoms. The first-order chi connectivity index (χ1) is 6.29. The van der Waals surface area contributed by atoms with Gasteiger partial charge in [0.2, 0.25) is 0 Å². The minimum atomic E-state index is 0.328. The number of ether oxygens (including phenoxy) is 1. The summed E-state index contributed by atoms with van der Waals surface area (Å²) in [6.07, 6.45) is 1.38. The molecule has 1 N–H and O–H groups in total. The lowest BCUT2D eigenvalue weighted by molar-refractivity contribution is 0.201. The standard InChI is InChI=1S/C11H15NO/c1-3-9-7-12-10-5-4-8(2)6-11(10)13-9/h4-6,9,12H,3,7H2,1-2H3. The van der Waals surface area contributed by atoms with E-state index in [2.05, 4.69) is 37.4 Å². The Balaban J connectivity index is 2.27. The molecule has 0 bridgehead atoms. The van der Waals surface area contributed by atoms with Crippen LogP contribution in [-0.4, -0.2) is 12.6 Å². The van der Waals surface area contributed by atoms with Crippen molar-refractivity contribution in [1.82, 2.24) is 0 Å². The molecule has 2 nitrogen and oxygen atoms in total. The van der Waals surface area contributed by atoms with Crippen LogP contribution in [-0.2, 0) is 0 Å². The Kier molecular flexibility index (Phi) is 2.13.